The molecule has 0 spiro atoms. The Kier molecular flexibility index (Phi) is 7.89. The molecule has 0 rings (SSSR count). The van der Waals surface area contributed by atoms with Crippen LogP contribution in [0.4, 0.5) is 0 Å². The van der Waals surface area contributed by atoms with Crippen LogP contribution in [0.25, 0.3) is 0 Å². The molecule has 0 aliphatic carbocycles. The van der Waals surface area contributed by atoms with Crippen LogP contribution in [-0.4, -0.2) is 24.5 Å². The summed E-state index contributed by atoms with van der Waals surface area (Å²) in [7, 11) is 0. The average Bonchev–Trinajstić information content (AvgIpc) is 1.96. The highest BCUT2D eigenvalue weighted by Crippen LogP contribution is 1.91. The molecule has 0 aromatic rings. The number of rotatable bonds is 7. The summed E-state index contributed by atoms with van der Waals surface area (Å²) in [6, 6.07) is 0. The first-order valence-electron chi connectivity index (χ1n) is 4.32. The fraction of sp³-hybridized carbons (Fsp3) is 1.00. The van der Waals surface area contributed by atoms with E-state index in [0.29, 0.717) is 6.42 Å². The van der Waals surface area contributed by atoms with Crippen molar-refractivity contribution >= 4 is 0 Å². The van der Waals surface area contributed by atoms with E-state index in [4.69, 9.17) is 5.11 Å². The van der Waals surface area contributed by atoms with E-state index in [2.05, 4.69) is 12.2 Å². The van der Waals surface area contributed by atoms with Crippen molar-refractivity contribution in [1.82, 2.24) is 5.32 Å². The Hall–Kier alpha value is -0.120. The number of aliphatic hydroxyl groups is 1. The summed E-state index contributed by atoms with van der Waals surface area (Å²) in [5.41, 5.74) is 0. The van der Waals surface area contributed by atoms with E-state index in [-0.39, 0.29) is 0 Å². The molecule has 11 heavy (non-hydrogen) atoms. The van der Waals surface area contributed by atoms with Gasteiger partial charge in [-0.2, -0.15) is 0 Å². The number of nitrogens with one attached hydrogen (secondary N) is 1. The van der Waals surface area contributed by atoms with Crippen LogP contribution < -0.4 is 5.32 Å². The molecule has 1 atom stereocenters. The van der Waals surface area contributed by atoms with E-state index in [0.717, 1.165) is 19.5 Å². The van der Waals surface area contributed by atoms with Crippen LogP contribution in [0.1, 0.15) is 32.6 Å². The fourth-order valence-corrected chi connectivity index (χ4v) is 0.828. The standard InChI is InChI=1S/C8H18NO2/c1-2-3-6-9-7-4-5-8(10)11/h8-10H,2-7H2,1H3. The molecule has 0 amide bonds. The Morgan fingerprint density at radius 3 is 2.55 bits per heavy atom. The highest BCUT2D eigenvalue weighted by molar-refractivity contribution is 4.48. The number of hydrogen-bond acceptors (Lipinski definition) is 2. The molecular formula is C8H18NO2. The Balaban J connectivity index is 2.80. The van der Waals surface area contributed by atoms with Gasteiger partial charge >= 0.3 is 0 Å². The van der Waals surface area contributed by atoms with Crippen molar-refractivity contribution in [2.75, 3.05) is 13.1 Å². The van der Waals surface area contributed by atoms with E-state index in [1.54, 1.807) is 0 Å². The van der Waals surface area contributed by atoms with Gasteiger partial charge in [0.25, 0.3) is 0 Å². The molecule has 2 N–H and O–H groups in total. The van der Waals surface area contributed by atoms with E-state index < -0.39 is 6.29 Å². The highest BCUT2D eigenvalue weighted by Gasteiger charge is 1.97. The molecule has 1 unspecified atom stereocenters. The third kappa shape index (κ3) is 9.88. The van der Waals surface area contributed by atoms with Crippen LogP contribution in [-0.2, 0) is 5.11 Å². The number of aliphatic hydroxyl groups excluding tert-OH is 1. The van der Waals surface area contributed by atoms with E-state index in [9.17, 15) is 5.11 Å². The third-order valence-corrected chi connectivity index (χ3v) is 1.51. The summed E-state index contributed by atoms with van der Waals surface area (Å²) in [5.74, 6) is 0. The summed E-state index contributed by atoms with van der Waals surface area (Å²) in [6.07, 6.45) is 2.12. The van der Waals surface area contributed by atoms with Crippen molar-refractivity contribution < 1.29 is 10.2 Å². The Morgan fingerprint density at radius 1 is 1.36 bits per heavy atom. The van der Waals surface area contributed by atoms with Crippen molar-refractivity contribution in [2.45, 2.75) is 38.9 Å². The topological polar surface area (TPSA) is 52.2 Å². The summed E-state index contributed by atoms with van der Waals surface area (Å²) in [4.78, 5) is 0. The molecule has 0 aliphatic heterocycles. The second kappa shape index (κ2) is 7.98. The molecule has 0 aromatic carbocycles. The van der Waals surface area contributed by atoms with Gasteiger partial charge in [-0.05, 0) is 25.9 Å². The molecule has 67 valence electrons. The molecular weight excluding hydrogens is 142 g/mol. The molecule has 1 radical (unpaired) electrons. The molecule has 0 fully saturated rings. The highest BCUT2D eigenvalue weighted by atomic mass is 16.5. The van der Waals surface area contributed by atoms with Crippen molar-refractivity contribution in [3.8, 4) is 0 Å². The van der Waals surface area contributed by atoms with Crippen LogP contribution in [0.3, 0.4) is 0 Å². The van der Waals surface area contributed by atoms with Crippen LogP contribution in [0.5, 0.6) is 0 Å². The predicted molar refractivity (Wildman–Crippen MR) is 43.7 cm³/mol. The van der Waals surface area contributed by atoms with Crippen molar-refractivity contribution in [1.29, 1.82) is 0 Å². The van der Waals surface area contributed by atoms with Gasteiger partial charge in [-0.25, -0.2) is 5.11 Å². The zero-order chi connectivity index (χ0) is 8.53. The van der Waals surface area contributed by atoms with E-state index in [1.807, 2.05) is 0 Å². The van der Waals surface area contributed by atoms with Gasteiger partial charge in [0.1, 0.15) is 0 Å². The first kappa shape index (κ1) is 10.9. The summed E-state index contributed by atoms with van der Waals surface area (Å²) in [6.45, 7) is 4.01. The minimum Gasteiger partial charge on any atom is -0.366 e. The fourth-order valence-electron chi connectivity index (χ4n) is 0.828. The molecule has 0 aliphatic rings. The van der Waals surface area contributed by atoms with Gasteiger partial charge in [0.15, 0.2) is 6.29 Å². The predicted octanol–water partition coefficient (Wildman–Crippen LogP) is 0.905. The van der Waals surface area contributed by atoms with Gasteiger partial charge in [0.2, 0.25) is 0 Å². The largest absolute Gasteiger partial charge is 0.366 e. The SMILES string of the molecule is CCCCNCCCC([O])O. The van der Waals surface area contributed by atoms with Crippen molar-refractivity contribution in [3.05, 3.63) is 0 Å². The Bertz CT molecular complexity index is 76.5. The maximum Gasteiger partial charge on any atom is 0.188 e. The Labute approximate surface area is 68.4 Å². The van der Waals surface area contributed by atoms with Crippen molar-refractivity contribution in [3.63, 3.8) is 0 Å². The first-order chi connectivity index (χ1) is 5.27. The number of unbranched alkanes of at least 4 members (excludes halogenated alkanes) is 1. The lowest BCUT2D eigenvalue weighted by Gasteiger charge is -2.03. The van der Waals surface area contributed by atoms with Crippen LogP contribution in [0, 0.1) is 0 Å². The van der Waals surface area contributed by atoms with E-state index in [1.165, 1.54) is 12.8 Å². The van der Waals surface area contributed by atoms with Gasteiger partial charge in [0, 0.05) is 6.42 Å². The summed E-state index contributed by atoms with van der Waals surface area (Å²) >= 11 is 0. The smallest absolute Gasteiger partial charge is 0.188 e. The molecule has 3 nitrogen and oxygen atoms in total. The molecule has 0 saturated heterocycles. The minimum absolute atomic E-state index is 0.360. The molecule has 3 heteroatoms. The van der Waals surface area contributed by atoms with Crippen LogP contribution in [0.15, 0.2) is 0 Å². The molecule has 0 bridgehead atoms. The Morgan fingerprint density at radius 2 is 2.00 bits per heavy atom. The first-order valence-corrected chi connectivity index (χ1v) is 4.32. The van der Waals surface area contributed by atoms with Gasteiger partial charge in [-0.3, -0.25) is 0 Å². The van der Waals surface area contributed by atoms with Gasteiger partial charge in [0.05, 0.1) is 0 Å². The van der Waals surface area contributed by atoms with E-state index >= 15 is 0 Å². The summed E-state index contributed by atoms with van der Waals surface area (Å²) < 4.78 is 0. The number of hydrogen-bond donors (Lipinski definition) is 2. The zero-order valence-electron chi connectivity index (χ0n) is 7.18. The average molecular weight is 160 g/mol. The van der Waals surface area contributed by atoms with Gasteiger partial charge < -0.3 is 10.4 Å². The maximum absolute atomic E-state index is 10.1. The quantitative estimate of drug-likeness (QED) is 0.429. The lowest BCUT2D eigenvalue weighted by atomic mass is 10.3. The molecule has 0 aromatic heterocycles. The van der Waals surface area contributed by atoms with Crippen LogP contribution in [0.2, 0.25) is 0 Å². The maximum atomic E-state index is 10.1. The molecule has 0 saturated carbocycles. The third-order valence-electron chi connectivity index (χ3n) is 1.51. The zero-order valence-corrected chi connectivity index (χ0v) is 7.18. The lowest BCUT2D eigenvalue weighted by molar-refractivity contribution is -0.0963. The second-order valence-corrected chi connectivity index (χ2v) is 2.70. The molecule has 0 heterocycles. The van der Waals surface area contributed by atoms with Crippen LogP contribution >= 0.6 is 0 Å². The van der Waals surface area contributed by atoms with Gasteiger partial charge in [-0.1, -0.05) is 13.3 Å². The summed E-state index contributed by atoms with van der Waals surface area (Å²) in [5, 5.41) is 21.7. The monoisotopic (exact) mass is 160 g/mol. The minimum atomic E-state index is -1.39. The van der Waals surface area contributed by atoms with Gasteiger partial charge in [-0.15, -0.1) is 0 Å². The van der Waals surface area contributed by atoms with Crippen molar-refractivity contribution in [2.24, 2.45) is 0 Å². The lowest BCUT2D eigenvalue weighted by Crippen LogP contribution is -2.17. The second-order valence-electron chi connectivity index (χ2n) is 2.70. The normalized spacial score (nSPS) is 10.9.